The number of carbonyl (C=O) groups excluding carboxylic acids is 3. The number of aliphatic hydroxyl groups excluding tert-OH is 4. The molecule has 1 aliphatic heterocycles. The largest absolute Gasteiger partial charge is 0.462 e. The second-order valence-corrected chi connectivity index (χ2v) is 9.48. The molecule has 30 heavy (non-hydrogen) atoms. The Morgan fingerprint density at radius 1 is 1.07 bits per heavy atom. The van der Waals surface area contributed by atoms with Crippen LogP contribution in [0.5, 0.6) is 0 Å². The van der Waals surface area contributed by atoms with Crippen molar-refractivity contribution in [2.24, 2.45) is 0 Å². The molecule has 0 aliphatic carbocycles. The topological polar surface area (TPSA) is 178 Å². The lowest BCUT2D eigenvalue weighted by Crippen LogP contribution is -2.61. The standard InChI is InChI=1S/C16H24Br2O12/c1-6(21)26-4-9(27-5-20)13(14(15(17)18)28-7(2)22)30-16-12(25)11(24)10(23)8(3-19)29-16/h5,8-16,19,23-25H,3-4H2,1-2H3/t8-,9-,10+,11+,12-,13-,14+,16+/m1/s1. The summed E-state index contributed by atoms with van der Waals surface area (Å²) >= 11 is 6.34. The van der Waals surface area contributed by atoms with Gasteiger partial charge in [0.25, 0.3) is 6.47 Å². The van der Waals surface area contributed by atoms with Crippen molar-refractivity contribution in [1.82, 2.24) is 0 Å². The van der Waals surface area contributed by atoms with Crippen LogP contribution in [-0.2, 0) is 38.1 Å². The van der Waals surface area contributed by atoms with Crippen molar-refractivity contribution in [3.8, 4) is 0 Å². The highest BCUT2D eigenvalue weighted by Gasteiger charge is 2.48. The molecule has 8 atom stereocenters. The molecule has 0 spiro atoms. The number of esters is 2. The molecule has 0 radical (unpaired) electrons. The number of ether oxygens (including phenoxy) is 5. The van der Waals surface area contributed by atoms with E-state index in [-0.39, 0.29) is 6.47 Å². The highest BCUT2D eigenvalue weighted by Crippen LogP contribution is 2.29. The maximum absolute atomic E-state index is 11.6. The van der Waals surface area contributed by atoms with Gasteiger partial charge in [0.2, 0.25) is 0 Å². The van der Waals surface area contributed by atoms with Crippen molar-refractivity contribution >= 4 is 50.3 Å². The predicted molar refractivity (Wildman–Crippen MR) is 103 cm³/mol. The van der Waals surface area contributed by atoms with Gasteiger partial charge < -0.3 is 44.1 Å². The third kappa shape index (κ3) is 7.67. The molecule has 174 valence electrons. The molecule has 0 aromatic heterocycles. The molecule has 1 heterocycles. The van der Waals surface area contributed by atoms with Crippen LogP contribution < -0.4 is 0 Å². The van der Waals surface area contributed by atoms with Crippen molar-refractivity contribution in [3.63, 3.8) is 0 Å². The Labute approximate surface area is 188 Å². The van der Waals surface area contributed by atoms with Crippen LogP contribution in [0, 0.1) is 0 Å². The predicted octanol–water partition coefficient (Wildman–Crippen LogP) is -1.68. The average molecular weight is 568 g/mol. The highest BCUT2D eigenvalue weighted by atomic mass is 79.9. The monoisotopic (exact) mass is 566 g/mol. The number of alkyl halides is 2. The van der Waals surface area contributed by atoms with Crippen LogP contribution in [0.3, 0.4) is 0 Å². The van der Waals surface area contributed by atoms with Crippen molar-refractivity contribution in [2.75, 3.05) is 13.2 Å². The summed E-state index contributed by atoms with van der Waals surface area (Å²) in [6, 6.07) is 0. The first kappa shape index (κ1) is 27.2. The SMILES string of the molecule is CC(=O)OC[C@@H](OC=O)[C@@H](O[C@@H]1O[C@H](CO)[C@H](O)[C@H](O)[C@H]1O)[C@H](OC(C)=O)C(Br)Br. The third-order valence-corrected chi connectivity index (χ3v) is 5.10. The summed E-state index contributed by atoms with van der Waals surface area (Å²) in [7, 11) is 0. The van der Waals surface area contributed by atoms with E-state index < -0.39 is 77.9 Å². The van der Waals surface area contributed by atoms with Crippen molar-refractivity contribution in [3.05, 3.63) is 0 Å². The quantitative estimate of drug-likeness (QED) is 0.0966. The molecule has 0 aromatic carbocycles. The van der Waals surface area contributed by atoms with Gasteiger partial charge in [-0.3, -0.25) is 14.4 Å². The van der Waals surface area contributed by atoms with Gasteiger partial charge in [0, 0.05) is 13.8 Å². The van der Waals surface area contributed by atoms with Gasteiger partial charge in [-0.05, 0) is 0 Å². The average Bonchev–Trinajstić information content (AvgIpc) is 2.67. The van der Waals surface area contributed by atoms with E-state index >= 15 is 0 Å². The second-order valence-electron chi connectivity index (χ2n) is 6.28. The second kappa shape index (κ2) is 12.9. The van der Waals surface area contributed by atoms with Crippen LogP contribution in [0.25, 0.3) is 0 Å². The van der Waals surface area contributed by atoms with E-state index in [1.807, 2.05) is 0 Å². The summed E-state index contributed by atoms with van der Waals surface area (Å²) in [5, 5.41) is 39.4. The van der Waals surface area contributed by atoms with Gasteiger partial charge in [-0.2, -0.15) is 0 Å². The first-order valence-electron chi connectivity index (χ1n) is 8.67. The molecule has 0 saturated carbocycles. The maximum Gasteiger partial charge on any atom is 0.303 e. The number of hydrogen-bond donors (Lipinski definition) is 4. The molecule has 0 amide bonds. The zero-order valence-corrected chi connectivity index (χ0v) is 19.2. The normalized spacial score (nSPS) is 29.6. The van der Waals surface area contributed by atoms with Crippen LogP contribution in [0.1, 0.15) is 13.8 Å². The minimum atomic E-state index is -1.78. The third-order valence-electron chi connectivity index (χ3n) is 4.06. The summed E-state index contributed by atoms with van der Waals surface area (Å²) in [5.41, 5.74) is 0. The fourth-order valence-corrected chi connectivity index (χ4v) is 3.46. The van der Waals surface area contributed by atoms with Crippen LogP contribution in [0.4, 0.5) is 0 Å². The summed E-state index contributed by atoms with van der Waals surface area (Å²) in [6.07, 6.45) is -12.0. The zero-order chi connectivity index (χ0) is 23.0. The molecule has 0 aromatic rings. The smallest absolute Gasteiger partial charge is 0.303 e. The molecule has 14 heteroatoms. The summed E-state index contributed by atoms with van der Waals surface area (Å²) in [6.45, 7) is 1.08. The molecule has 1 saturated heterocycles. The van der Waals surface area contributed by atoms with Gasteiger partial charge in [-0.15, -0.1) is 0 Å². The Balaban J connectivity index is 3.23. The van der Waals surface area contributed by atoms with E-state index in [0.29, 0.717) is 0 Å². The Kier molecular flexibility index (Phi) is 11.6. The Morgan fingerprint density at radius 2 is 1.70 bits per heavy atom. The summed E-state index contributed by atoms with van der Waals surface area (Å²) in [4.78, 5) is 33.7. The Morgan fingerprint density at radius 3 is 2.17 bits per heavy atom. The molecular weight excluding hydrogens is 544 g/mol. The molecular formula is C16H24Br2O12. The summed E-state index contributed by atoms with van der Waals surface area (Å²) in [5.74, 6) is -1.43. The van der Waals surface area contributed by atoms with E-state index in [4.69, 9.17) is 23.7 Å². The number of aliphatic hydroxyl groups is 4. The lowest BCUT2D eigenvalue weighted by atomic mass is 9.99. The molecule has 0 unspecified atom stereocenters. The van der Waals surface area contributed by atoms with Gasteiger partial charge >= 0.3 is 11.9 Å². The molecule has 12 nitrogen and oxygen atoms in total. The number of halogens is 2. The van der Waals surface area contributed by atoms with Gasteiger partial charge in [0.05, 0.1) is 6.61 Å². The number of rotatable bonds is 11. The van der Waals surface area contributed by atoms with E-state index in [2.05, 4.69) is 31.9 Å². The lowest BCUT2D eigenvalue weighted by Gasteiger charge is -2.42. The Bertz CT molecular complexity index is 574. The van der Waals surface area contributed by atoms with Gasteiger partial charge in [0.1, 0.15) is 40.9 Å². The zero-order valence-electron chi connectivity index (χ0n) is 16.0. The van der Waals surface area contributed by atoms with Gasteiger partial charge in [-0.1, -0.05) is 31.9 Å². The lowest BCUT2D eigenvalue weighted by molar-refractivity contribution is -0.324. The minimum absolute atomic E-state index is 0.0557. The molecule has 4 N–H and O–H groups in total. The van der Waals surface area contributed by atoms with E-state index in [0.717, 1.165) is 13.8 Å². The maximum atomic E-state index is 11.6. The van der Waals surface area contributed by atoms with Crippen LogP contribution in [0.15, 0.2) is 0 Å². The first-order chi connectivity index (χ1) is 14.0. The molecule has 1 aliphatic rings. The van der Waals surface area contributed by atoms with Crippen molar-refractivity contribution in [1.29, 1.82) is 0 Å². The van der Waals surface area contributed by atoms with Crippen molar-refractivity contribution < 1.29 is 58.5 Å². The van der Waals surface area contributed by atoms with Crippen molar-refractivity contribution in [2.45, 2.75) is 66.6 Å². The molecule has 1 rings (SSSR count). The van der Waals surface area contributed by atoms with Crippen LogP contribution in [0.2, 0.25) is 0 Å². The van der Waals surface area contributed by atoms with Gasteiger partial charge in [0.15, 0.2) is 18.5 Å². The Hall–Kier alpha value is -0.870. The highest BCUT2D eigenvalue weighted by molar-refractivity contribution is 9.24. The fourth-order valence-electron chi connectivity index (χ4n) is 2.65. The van der Waals surface area contributed by atoms with E-state index in [9.17, 15) is 34.8 Å². The molecule has 1 fully saturated rings. The first-order valence-corrected chi connectivity index (χ1v) is 10.5. The summed E-state index contributed by atoms with van der Waals surface area (Å²) < 4.78 is 25.2. The number of carbonyl (C=O) groups is 3. The van der Waals surface area contributed by atoms with Crippen LogP contribution in [-0.4, -0.2) is 105 Å². The van der Waals surface area contributed by atoms with Crippen LogP contribution >= 0.6 is 31.9 Å². The number of hydrogen-bond acceptors (Lipinski definition) is 12. The fraction of sp³-hybridized carbons (Fsp3) is 0.812. The van der Waals surface area contributed by atoms with E-state index in [1.165, 1.54) is 0 Å². The van der Waals surface area contributed by atoms with Gasteiger partial charge in [-0.25, -0.2) is 0 Å². The molecule has 0 bridgehead atoms. The minimum Gasteiger partial charge on any atom is -0.462 e. The van der Waals surface area contributed by atoms with E-state index in [1.54, 1.807) is 0 Å².